The summed E-state index contributed by atoms with van der Waals surface area (Å²) in [6.07, 6.45) is 1.47. The number of carbonyl (C=O) groups is 2. The minimum atomic E-state index is -4.02. The number of benzene rings is 1. The van der Waals surface area contributed by atoms with Crippen LogP contribution in [0.2, 0.25) is 0 Å². The average Bonchev–Trinajstić information content (AvgIpc) is 3.16. The molecule has 1 aromatic heterocycles. The highest BCUT2D eigenvalue weighted by Gasteiger charge is 2.19. The van der Waals surface area contributed by atoms with Gasteiger partial charge in [0.05, 0.1) is 36.4 Å². The maximum absolute atomic E-state index is 12.2. The molecule has 0 aliphatic rings. The van der Waals surface area contributed by atoms with Crippen molar-refractivity contribution >= 4 is 21.8 Å². The van der Waals surface area contributed by atoms with Crippen LogP contribution in [0.5, 0.6) is 0 Å². The molecule has 2 aromatic rings. The van der Waals surface area contributed by atoms with Gasteiger partial charge in [-0.2, -0.15) is 5.26 Å². The number of rotatable bonds is 8. The van der Waals surface area contributed by atoms with Crippen molar-refractivity contribution in [3.63, 3.8) is 0 Å². The third-order valence-corrected chi connectivity index (χ3v) is 4.67. The summed E-state index contributed by atoms with van der Waals surface area (Å²) in [5.74, 6) is -0.572. The first-order valence-electron chi connectivity index (χ1n) is 7.47. The number of furan rings is 1. The molecule has 0 fully saturated rings. The fourth-order valence-corrected chi connectivity index (χ4v) is 3.07. The molecule has 136 valence electrons. The molecule has 3 N–H and O–H groups in total. The number of hydrogen-bond acceptors (Lipinski definition) is 6. The Morgan fingerprint density at radius 2 is 1.77 bits per heavy atom. The molecule has 0 spiro atoms. The fraction of sp³-hybridized carbons (Fsp3) is 0.188. The van der Waals surface area contributed by atoms with E-state index in [2.05, 4.69) is 15.4 Å². The molecule has 0 bridgehead atoms. The second-order valence-corrected chi connectivity index (χ2v) is 6.80. The number of sulfonamides is 1. The van der Waals surface area contributed by atoms with Gasteiger partial charge in [0.2, 0.25) is 21.8 Å². The van der Waals surface area contributed by atoms with E-state index in [-0.39, 0.29) is 23.5 Å². The smallest absolute Gasteiger partial charge is 0.242 e. The molecule has 1 heterocycles. The van der Waals surface area contributed by atoms with E-state index in [4.69, 9.17) is 9.68 Å². The molecule has 0 atom stereocenters. The van der Waals surface area contributed by atoms with Gasteiger partial charge in [-0.3, -0.25) is 9.59 Å². The van der Waals surface area contributed by atoms with Gasteiger partial charge in [0.15, 0.2) is 0 Å². The highest BCUT2D eigenvalue weighted by molar-refractivity contribution is 7.89. The largest absolute Gasteiger partial charge is 0.467 e. The fourth-order valence-electron chi connectivity index (χ4n) is 1.93. The summed E-state index contributed by atoms with van der Waals surface area (Å²) in [4.78, 5) is 23.1. The van der Waals surface area contributed by atoms with E-state index < -0.39 is 28.4 Å². The van der Waals surface area contributed by atoms with Crippen LogP contribution >= 0.6 is 0 Å². The zero-order valence-electron chi connectivity index (χ0n) is 13.6. The van der Waals surface area contributed by atoms with E-state index in [1.165, 1.54) is 30.5 Å². The lowest BCUT2D eigenvalue weighted by Gasteiger charge is -2.09. The van der Waals surface area contributed by atoms with Gasteiger partial charge in [0.25, 0.3) is 0 Å². The highest BCUT2D eigenvalue weighted by Crippen LogP contribution is 2.13. The summed E-state index contributed by atoms with van der Waals surface area (Å²) in [6.45, 7) is -0.692. The van der Waals surface area contributed by atoms with Gasteiger partial charge < -0.3 is 15.1 Å². The van der Waals surface area contributed by atoms with Crippen LogP contribution in [0.4, 0.5) is 0 Å². The summed E-state index contributed by atoms with van der Waals surface area (Å²) >= 11 is 0. The van der Waals surface area contributed by atoms with Gasteiger partial charge in [-0.1, -0.05) is 12.1 Å². The minimum absolute atomic E-state index is 0.0299. The first-order chi connectivity index (χ1) is 12.4. The van der Waals surface area contributed by atoms with Crippen LogP contribution < -0.4 is 15.4 Å². The van der Waals surface area contributed by atoms with E-state index in [1.54, 1.807) is 18.2 Å². The van der Waals surface area contributed by atoms with Gasteiger partial charge >= 0.3 is 0 Å². The van der Waals surface area contributed by atoms with Crippen LogP contribution in [0.25, 0.3) is 0 Å². The second-order valence-electron chi connectivity index (χ2n) is 5.07. The van der Waals surface area contributed by atoms with Crippen LogP contribution in [0.3, 0.4) is 0 Å². The summed E-state index contributed by atoms with van der Waals surface area (Å²) in [5, 5.41) is 13.8. The van der Waals surface area contributed by atoms with Crippen LogP contribution in [0.15, 0.2) is 52.0 Å². The Bertz CT molecular complexity index is 916. The van der Waals surface area contributed by atoms with Crippen molar-refractivity contribution in [3.8, 4) is 6.07 Å². The van der Waals surface area contributed by atoms with Crippen molar-refractivity contribution in [1.82, 2.24) is 15.4 Å². The Kier molecular flexibility index (Phi) is 6.48. The lowest BCUT2D eigenvalue weighted by atomic mass is 10.2. The molecule has 2 amide bonds. The zero-order chi connectivity index (χ0) is 19.0. The summed E-state index contributed by atoms with van der Waals surface area (Å²) < 4.78 is 31.4. The molecule has 0 aliphatic heterocycles. The zero-order valence-corrected chi connectivity index (χ0v) is 14.4. The first kappa shape index (κ1) is 19.2. The number of amides is 2. The Balaban J connectivity index is 1.79. The molecule has 0 saturated carbocycles. The molecule has 2 rings (SSSR count). The van der Waals surface area contributed by atoms with Crippen molar-refractivity contribution in [2.24, 2.45) is 0 Å². The van der Waals surface area contributed by atoms with Gasteiger partial charge in [-0.15, -0.1) is 0 Å². The molecule has 0 unspecified atom stereocenters. The molecule has 1 aromatic carbocycles. The van der Waals surface area contributed by atoms with E-state index in [1.807, 2.05) is 0 Å². The number of nitrogens with one attached hydrogen (secondary N) is 3. The SMILES string of the molecule is N#Cc1ccccc1S(=O)(=O)NCC(=O)NCC(=O)NCc1ccco1. The predicted molar refractivity (Wildman–Crippen MR) is 89.9 cm³/mol. The van der Waals surface area contributed by atoms with Gasteiger partial charge in [-0.25, -0.2) is 13.1 Å². The Hall–Kier alpha value is -3.16. The third-order valence-electron chi connectivity index (χ3n) is 3.21. The van der Waals surface area contributed by atoms with Gasteiger partial charge in [-0.05, 0) is 24.3 Å². The summed E-state index contributed by atoms with van der Waals surface area (Å²) in [6, 6.07) is 10.8. The first-order valence-corrected chi connectivity index (χ1v) is 8.95. The molecular formula is C16H16N4O5S. The molecule has 0 radical (unpaired) electrons. The van der Waals surface area contributed by atoms with Crippen molar-refractivity contribution in [2.45, 2.75) is 11.4 Å². The third kappa shape index (κ3) is 5.44. The second kappa shape index (κ2) is 8.80. The summed E-state index contributed by atoms with van der Waals surface area (Å²) in [7, 11) is -4.02. The van der Waals surface area contributed by atoms with Crippen LogP contribution in [-0.2, 0) is 26.2 Å². The average molecular weight is 376 g/mol. The van der Waals surface area contributed by atoms with Gasteiger partial charge in [0.1, 0.15) is 11.8 Å². The van der Waals surface area contributed by atoms with E-state index in [0.29, 0.717) is 5.76 Å². The quantitative estimate of drug-likeness (QED) is 0.586. The lowest BCUT2D eigenvalue weighted by molar-refractivity contribution is -0.125. The lowest BCUT2D eigenvalue weighted by Crippen LogP contribution is -2.41. The molecule has 10 heteroatoms. The molecule has 9 nitrogen and oxygen atoms in total. The monoisotopic (exact) mass is 376 g/mol. The highest BCUT2D eigenvalue weighted by atomic mass is 32.2. The number of hydrogen-bond donors (Lipinski definition) is 3. The predicted octanol–water partition coefficient (Wildman–Crippen LogP) is -0.138. The van der Waals surface area contributed by atoms with Crippen LogP contribution in [0.1, 0.15) is 11.3 Å². The van der Waals surface area contributed by atoms with Gasteiger partial charge in [0, 0.05) is 0 Å². The van der Waals surface area contributed by atoms with Crippen molar-refractivity contribution in [2.75, 3.05) is 13.1 Å². The Morgan fingerprint density at radius 1 is 1.04 bits per heavy atom. The normalized spacial score (nSPS) is 10.7. The minimum Gasteiger partial charge on any atom is -0.467 e. The van der Waals surface area contributed by atoms with Crippen LogP contribution in [0, 0.1) is 11.3 Å². The van der Waals surface area contributed by atoms with E-state index in [9.17, 15) is 18.0 Å². The Labute approximate surface area is 150 Å². The molecule has 26 heavy (non-hydrogen) atoms. The standard InChI is InChI=1S/C16H16N4O5S/c17-8-12-4-1-2-6-14(12)26(23,24)20-11-16(22)19-10-15(21)18-9-13-5-3-7-25-13/h1-7,20H,9-11H2,(H,18,21)(H,19,22). The maximum Gasteiger partial charge on any atom is 0.242 e. The number of carbonyl (C=O) groups excluding carboxylic acids is 2. The number of nitriles is 1. The molecule has 0 aliphatic carbocycles. The molecule has 0 saturated heterocycles. The van der Waals surface area contributed by atoms with Crippen molar-refractivity contribution in [1.29, 1.82) is 5.26 Å². The Morgan fingerprint density at radius 3 is 2.46 bits per heavy atom. The molecular weight excluding hydrogens is 360 g/mol. The van der Waals surface area contributed by atoms with E-state index >= 15 is 0 Å². The van der Waals surface area contributed by atoms with Crippen LogP contribution in [-0.4, -0.2) is 33.3 Å². The maximum atomic E-state index is 12.2. The van der Waals surface area contributed by atoms with Crippen molar-refractivity contribution < 1.29 is 22.4 Å². The summed E-state index contributed by atoms with van der Waals surface area (Å²) in [5.41, 5.74) is -0.0299. The topological polar surface area (TPSA) is 141 Å². The van der Waals surface area contributed by atoms with E-state index in [0.717, 1.165) is 0 Å². The van der Waals surface area contributed by atoms with Crippen molar-refractivity contribution in [3.05, 3.63) is 54.0 Å². The number of nitrogens with zero attached hydrogens (tertiary/aromatic N) is 1.